The average molecular weight is 278 g/mol. The molecule has 1 heterocycles. The van der Waals surface area contributed by atoms with Gasteiger partial charge in [0.25, 0.3) is 5.91 Å². The minimum Gasteiger partial charge on any atom is -0.354 e. The fraction of sp³-hybridized carbons (Fsp3) is 0.286. The molecule has 4 nitrogen and oxygen atoms in total. The van der Waals surface area contributed by atoms with Crippen LogP contribution in [0, 0.1) is 6.92 Å². The van der Waals surface area contributed by atoms with Gasteiger partial charge in [0, 0.05) is 17.8 Å². The zero-order valence-corrected chi connectivity index (χ0v) is 11.9. The van der Waals surface area contributed by atoms with Crippen molar-refractivity contribution in [2.45, 2.75) is 19.9 Å². The van der Waals surface area contributed by atoms with Crippen LogP contribution >= 0.6 is 11.6 Å². The minimum absolute atomic E-state index is 0.0212. The lowest BCUT2D eigenvalue weighted by atomic mass is 10.1. The summed E-state index contributed by atoms with van der Waals surface area (Å²) in [6, 6.07) is 9.40. The lowest BCUT2D eigenvalue weighted by Gasteiger charge is -2.16. The summed E-state index contributed by atoms with van der Waals surface area (Å²) in [4.78, 5) is 11.6. The van der Waals surface area contributed by atoms with Crippen molar-refractivity contribution in [1.82, 2.24) is 15.1 Å². The quantitative estimate of drug-likeness (QED) is 0.938. The van der Waals surface area contributed by atoms with Crippen molar-refractivity contribution in [3.05, 3.63) is 52.3 Å². The van der Waals surface area contributed by atoms with E-state index in [9.17, 15) is 4.79 Å². The number of halogens is 1. The number of carbonyl (C=O) groups is 1. The molecule has 0 bridgehead atoms. The summed E-state index contributed by atoms with van der Waals surface area (Å²) < 4.78 is 1.81. The second-order valence-corrected chi connectivity index (χ2v) is 4.80. The number of benzene rings is 1. The first kappa shape index (κ1) is 13.6. The van der Waals surface area contributed by atoms with E-state index in [0.29, 0.717) is 10.7 Å². The molecule has 0 aliphatic rings. The maximum Gasteiger partial charge on any atom is 0.271 e. The van der Waals surface area contributed by atoms with E-state index in [2.05, 4.69) is 10.4 Å². The van der Waals surface area contributed by atoms with Crippen LogP contribution in [0.3, 0.4) is 0 Å². The van der Waals surface area contributed by atoms with E-state index in [-0.39, 0.29) is 11.9 Å². The monoisotopic (exact) mass is 277 g/mol. The highest BCUT2D eigenvalue weighted by molar-refractivity contribution is 6.31. The Morgan fingerprint density at radius 2 is 2.11 bits per heavy atom. The predicted molar refractivity (Wildman–Crippen MR) is 75.6 cm³/mol. The lowest BCUT2D eigenvalue weighted by molar-refractivity contribution is 0.0957. The summed E-state index contributed by atoms with van der Waals surface area (Å²) in [6.07, 6.45) is 0. The van der Waals surface area contributed by atoms with Crippen molar-refractivity contribution in [3.8, 4) is 0 Å². The summed E-state index contributed by atoms with van der Waals surface area (Å²) in [5.41, 5.74) is 2.32. The second-order valence-electron chi connectivity index (χ2n) is 4.39. The number of amides is 1. The topological polar surface area (TPSA) is 46.9 Å². The Kier molecular flexibility index (Phi) is 3.90. The molecule has 2 rings (SSSR count). The second kappa shape index (κ2) is 5.45. The molecule has 0 spiro atoms. The van der Waals surface area contributed by atoms with Crippen molar-refractivity contribution in [1.29, 1.82) is 0 Å². The van der Waals surface area contributed by atoms with Gasteiger partial charge in [-0.25, -0.2) is 0 Å². The van der Waals surface area contributed by atoms with E-state index in [0.717, 1.165) is 11.3 Å². The largest absolute Gasteiger partial charge is 0.354 e. The fourth-order valence-electron chi connectivity index (χ4n) is 2.06. The highest BCUT2D eigenvalue weighted by Crippen LogP contribution is 2.26. The van der Waals surface area contributed by atoms with E-state index < -0.39 is 0 Å². The van der Waals surface area contributed by atoms with Crippen LogP contribution in [0.15, 0.2) is 30.3 Å². The van der Waals surface area contributed by atoms with Crippen LogP contribution < -0.4 is 5.32 Å². The third-order valence-corrected chi connectivity index (χ3v) is 3.45. The van der Waals surface area contributed by atoms with Crippen LogP contribution in [-0.4, -0.2) is 22.7 Å². The number of hydrogen-bond donors (Lipinski definition) is 1. The van der Waals surface area contributed by atoms with Crippen LogP contribution in [0.25, 0.3) is 0 Å². The van der Waals surface area contributed by atoms with Gasteiger partial charge in [0.15, 0.2) is 0 Å². The molecular formula is C14H16ClN3O. The van der Waals surface area contributed by atoms with Gasteiger partial charge in [0.2, 0.25) is 0 Å². The van der Waals surface area contributed by atoms with Gasteiger partial charge in [-0.15, -0.1) is 0 Å². The first-order valence-electron chi connectivity index (χ1n) is 6.07. The molecule has 0 radical (unpaired) electrons. The molecule has 0 aliphatic heterocycles. The van der Waals surface area contributed by atoms with Crippen molar-refractivity contribution in [2.75, 3.05) is 7.05 Å². The number of aryl methyl sites for hydroxylation is 1. The lowest BCUT2D eigenvalue weighted by Crippen LogP contribution is -2.19. The summed E-state index contributed by atoms with van der Waals surface area (Å²) in [7, 11) is 1.59. The van der Waals surface area contributed by atoms with E-state index in [4.69, 9.17) is 11.6 Å². The van der Waals surface area contributed by atoms with Gasteiger partial charge >= 0.3 is 0 Å². The number of aromatic nitrogens is 2. The number of rotatable bonds is 3. The molecule has 0 saturated heterocycles. The van der Waals surface area contributed by atoms with E-state index >= 15 is 0 Å². The van der Waals surface area contributed by atoms with E-state index in [1.807, 2.05) is 42.8 Å². The molecule has 1 N–H and O–H groups in total. The van der Waals surface area contributed by atoms with Gasteiger partial charge in [-0.3, -0.25) is 9.48 Å². The van der Waals surface area contributed by atoms with Crippen LogP contribution in [-0.2, 0) is 0 Å². The molecule has 1 amide bonds. The molecular weight excluding hydrogens is 262 g/mol. The van der Waals surface area contributed by atoms with Gasteiger partial charge in [0.1, 0.15) is 5.69 Å². The zero-order chi connectivity index (χ0) is 14.0. The number of nitrogens with zero attached hydrogens (tertiary/aromatic N) is 2. The Balaban J connectivity index is 2.39. The van der Waals surface area contributed by atoms with E-state index in [1.165, 1.54) is 0 Å². The fourth-order valence-corrected chi connectivity index (χ4v) is 2.36. The summed E-state index contributed by atoms with van der Waals surface area (Å²) >= 11 is 6.20. The summed E-state index contributed by atoms with van der Waals surface area (Å²) in [5, 5.41) is 7.62. The molecule has 100 valence electrons. The molecule has 19 heavy (non-hydrogen) atoms. The normalized spacial score (nSPS) is 12.2. The Labute approximate surface area is 117 Å². The van der Waals surface area contributed by atoms with Crippen LogP contribution in [0.4, 0.5) is 0 Å². The first-order valence-corrected chi connectivity index (χ1v) is 6.45. The Morgan fingerprint density at radius 3 is 2.74 bits per heavy atom. The highest BCUT2D eigenvalue weighted by atomic mass is 35.5. The SMILES string of the molecule is CNC(=O)c1cc(C)n(C(C)c2ccccc2Cl)n1. The van der Waals surface area contributed by atoms with Gasteiger partial charge < -0.3 is 5.32 Å². The Morgan fingerprint density at radius 1 is 1.42 bits per heavy atom. The maximum atomic E-state index is 11.6. The number of hydrogen-bond acceptors (Lipinski definition) is 2. The smallest absolute Gasteiger partial charge is 0.271 e. The van der Waals surface area contributed by atoms with Gasteiger partial charge in [-0.05, 0) is 31.5 Å². The molecule has 1 aromatic heterocycles. The number of nitrogens with one attached hydrogen (secondary N) is 1. The Bertz CT molecular complexity index is 606. The molecule has 0 fully saturated rings. The molecule has 2 aromatic rings. The third-order valence-electron chi connectivity index (χ3n) is 3.10. The van der Waals surface area contributed by atoms with Crippen molar-refractivity contribution in [3.63, 3.8) is 0 Å². The zero-order valence-electron chi connectivity index (χ0n) is 11.1. The molecule has 1 aromatic carbocycles. The Hall–Kier alpha value is -1.81. The molecule has 5 heteroatoms. The molecule has 0 aliphatic carbocycles. The minimum atomic E-state index is -0.187. The van der Waals surface area contributed by atoms with Crippen LogP contribution in [0.1, 0.15) is 34.7 Å². The van der Waals surface area contributed by atoms with Gasteiger partial charge in [-0.2, -0.15) is 5.10 Å². The van der Waals surface area contributed by atoms with Crippen LogP contribution in [0.5, 0.6) is 0 Å². The van der Waals surface area contributed by atoms with Crippen molar-refractivity contribution >= 4 is 17.5 Å². The summed E-state index contributed by atoms with van der Waals surface area (Å²) in [6.45, 7) is 3.93. The molecule has 1 unspecified atom stereocenters. The predicted octanol–water partition coefficient (Wildman–Crippen LogP) is 2.81. The van der Waals surface area contributed by atoms with E-state index in [1.54, 1.807) is 13.1 Å². The maximum absolute atomic E-state index is 11.6. The number of carbonyl (C=O) groups excluding carboxylic acids is 1. The van der Waals surface area contributed by atoms with Gasteiger partial charge in [0.05, 0.1) is 6.04 Å². The molecule has 0 saturated carbocycles. The summed E-state index contributed by atoms with van der Waals surface area (Å²) in [5.74, 6) is -0.187. The van der Waals surface area contributed by atoms with Crippen molar-refractivity contribution in [2.24, 2.45) is 0 Å². The van der Waals surface area contributed by atoms with Crippen molar-refractivity contribution < 1.29 is 4.79 Å². The highest BCUT2D eigenvalue weighted by Gasteiger charge is 2.17. The molecule has 1 atom stereocenters. The third kappa shape index (κ3) is 2.63. The average Bonchev–Trinajstić information content (AvgIpc) is 2.80. The standard InChI is InChI=1S/C14H16ClN3O/c1-9-8-13(14(19)16-3)17-18(9)10(2)11-6-4-5-7-12(11)15/h4-8,10H,1-3H3,(H,16,19). The van der Waals surface area contributed by atoms with Gasteiger partial charge in [-0.1, -0.05) is 29.8 Å². The van der Waals surface area contributed by atoms with Crippen LogP contribution in [0.2, 0.25) is 5.02 Å². The first-order chi connectivity index (χ1) is 9.04.